The standard InChI is InChI=1S/C17H28N6O3S/c1-17(2,27(3,25)26)13-10-14(18)22-15(21-13)23-8-6-12(7-9-23)20-16(24)19-11-4-5-11/h10-12H,4-9H2,1-3H3,(H2,18,21,22)(H2,19,20,24). The molecule has 3 rings (SSSR count). The number of carbonyl (C=O) groups is 1. The predicted molar refractivity (Wildman–Crippen MR) is 104 cm³/mol. The molecule has 0 bridgehead atoms. The quantitative estimate of drug-likeness (QED) is 0.670. The van der Waals surface area contributed by atoms with E-state index in [1.54, 1.807) is 13.8 Å². The molecule has 150 valence electrons. The number of piperidine rings is 1. The Morgan fingerprint density at radius 2 is 1.70 bits per heavy atom. The molecule has 1 aromatic rings. The van der Waals surface area contributed by atoms with Crippen molar-refractivity contribution in [2.45, 2.75) is 56.4 Å². The number of hydrogen-bond donors (Lipinski definition) is 3. The van der Waals surface area contributed by atoms with Crippen molar-refractivity contribution in [3.63, 3.8) is 0 Å². The van der Waals surface area contributed by atoms with Crippen molar-refractivity contribution in [3.8, 4) is 0 Å². The van der Waals surface area contributed by atoms with Crippen LogP contribution < -0.4 is 21.3 Å². The van der Waals surface area contributed by atoms with E-state index in [2.05, 4.69) is 20.6 Å². The second-order valence-corrected chi connectivity index (χ2v) is 10.5. The summed E-state index contributed by atoms with van der Waals surface area (Å²) >= 11 is 0. The van der Waals surface area contributed by atoms with Gasteiger partial charge in [0.1, 0.15) is 10.6 Å². The minimum absolute atomic E-state index is 0.103. The van der Waals surface area contributed by atoms with Gasteiger partial charge in [0.15, 0.2) is 9.84 Å². The lowest BCUT2D eigenvalue weighted by Crippen LogP contribution is -2.48. The zero-order valence-electron chi connectivity index (χ0n) is 16.0. The Bertz CT molecular complexity index is 814. The molecule has 0 spiro atoms. The van der Waals surface area contributed by atoms with Gasteiger partial charge in [-0.3, -0.25) is 0 Å². The molecule has 1 saturated carbocycles. The highest BCUT2D eigenvalue weighted by molar-refractivity contribution is 7.91. The number of carbonyl (C=O) groups excluding carboxylic acids is 1. The number of nitrogens with zero attached hydrogens (tertiary/aromatic N) is 3. The maximum atomic E-state index is 12.1. The Balaban J connectivity index is 1.66. The Morgan fingerprint density at radius 3 is 2.22 bits per heavy atom. The lowest BCUT2D eigenvalue weighted by Gasteiger charge is -2.33. The summed E-state index contributed by atoms with van der Waals surface area (Å²) in [6, 6.07) is 1.85. The molecule has 2 amide bonds. The Kier molecular flexibility index (Phi) is 5.20. The van der Waals surface area contributed by atoms with Gasteiger partial charge in [-0.2, -0.15) is 4.98 Å². The van der Waals surface area contributed by atoms with Gasteiger partial charge >= 0.3 is 6.03 Å². The van der Waals surface area contributed by atoms with Crippen LogP contribution in [0.5, 0.6) is 0 Å². The lowest BCUT2D eigenvalue weighted by molar-refractivity contribution is 0.234. The number of urea groups is 1. The Morgan fingerprint density at radius 1 is 1.15 bits per heavy atom. The van der Waals surface area contributed by atoms with Crippen LogP contribution in [-0.2, 0) is 14.6 Å². The zero-order valence-corrected chi connectivity index (χ0v) is 16.8. The van der Waals surface area contributed by atoms with Crippen molar-refractivity contribution in [1.29, 1.82) is 0 Å². The lowest BCUT2D eigenvalue weighted by atomic mass is 10.1. The fourth-order valence-corrected chi connectivity index (χ4v) is 3.44. The molecule has 4 N–H and O–H groups in total. The molecule has 0 radical (unpaired) electrons. The third-order valence-electron chi connectivity index (χ3n) is 5.30. The summed E-state index contributed by atoms with van der Waals surface area (Å²) in [7, 11) is -3.37. The fraction of sp³-hybridized carbons (Fsp3) is 0.706. The molecular weight excluding hydrogens is 368 g/mol. The number of amides is 2. The summed E-state index contributed by atoms with van der Waals surface area (Å²) in [4.78, 5) is 22.6. The topological polar surface area (TPSA) is 130 Å². The SMILES string of the molecule is CC(C)(c1cc(N)nc(N2CCC(NC(=O)NC3CC3)CC2)n1)S(C)(=O)=O. The van der Waals surface area contributed by atoms with Crippen LogP contribution in [-0.4, -0.2) is 55.8 Å². The molecule has 2 heterocycles. The van der Waals surface area contributed by atoms with Crippen LogP contribution >= 0.6 is 0 Å². The van der Waals surface area contributed by atoms with Gasteiger partial charge in [-0.25, -0.2) is 18.2 Å². The van der Waals surface area contributed by atoms with E-state index in [0.717, 1.165) is 25.7 Å². The number of aromatic nitrogens is 2. The van der Waals surface area contributed by atoms with E-state index in [-0.39, 0.29) is 17.9 Å². The van der Waals surface area contributed by atoms with Crippen molar-refractivity contribution in [2.24, 2.45) is 0 Å². The second kappa shape index (κ2) is 7.14. The van der Waals surface area contributed by atoms with Gasteiger partial charge in [0.2, 0.25) is 5.95 Å². The molecule has 1 aliphatic carbocycles. The van der Waals surface area contributed by atoms with Crippen LogP contribution in [0.1, 0.15) is 45.2 Å². The smallest absolute Gasteiger partial charge is 0.315 e. The molecule has 27 heavy (non-hydrogen) atoms. The van der Waals surface area contributed by atoms with E-state index >= 15 is 0 Å². The highest BCUT2D eigenvalue weighted by Gasteiger charge is 2.35. The monoisotopic (exact) mass is 396 g/mol. The molecule has 2 fully saturated rings. The number of nitrogen functional groups attached to an aromatic ring is 1. The first kappa shape index (κ1) is 19.7. The minimum atomic E-state index is -3.37. The van der Waals surface area contributed by atoms with E-state index < -0.39 is 14.6 Å². The van der Waals surface area contributed by atoms with Gasteiger partial charge < -0.3 is 21.3 Å². The zero-order chi connectivity index (χ0) is 19.8. The summed E-state index contributed by atoms with van der Waals surface area (Å²) in [6.07, 6.45) is 4.84. The maximum absolute atomic E-state index is 12.1. The summed E-state index contributed by atoms with van der Waals surface area (Å²) < 4.78 is 23.1. The molecule has 10 heteroatoms. The van der Waals surface area contributed by atoms with Gasteiger partial charge in [-0.1, -0.05) is 0 Å². The Hall–Kier alpha value is -2.10. The first-order valence-electron chi connectivity index (χ1n) is 9.23. The predicted octanol–water partition coefficient (Wildman–Crippen LogP) is 0.769. The third-order valence-corrected chi connectivity index (χ3v) is 7.37. The number of nitrogens with one attached hydrogen (secondary N) is 2. The van der Waals surface area contributed by atoms with E-state index in [4.69, 9.17) is 5.73 Å². The van der Waals surface area contributed by atoms with Gasteiger partial charge in [0.25, 0.3) is 0 Å². The molecule has 1 saturated heterocycles. The molecular formula is C17H28N6O3S. The van der Waals surface area contributed by atoms with E-state index in [0.29, 0.717) is 30.8 Å². The molecule has 2 aliphatic rings. The van der Waals surface area contributed by atoms with Crippen LogP contribution in [0, 0.1) is 0 Å². The molecule has 1 aliphatic heterocycles. The molecule has 0 aromatic carbocycles. The number of hydrogen-bond acceptors (Lipinski definition) is 7. The molecule has 0 atom stereocenters. The van der Waals surface area contributed by atoms with E-state index in [1.165, 1.54) is 12.3 Å². The van der Waals surface area contributed by atoms with E-state index in [9.17, 15) is 13.2 Å². The summed E-state index contributed by atoms with van der Waals surface area (Å²) in [5.41, 5.74) is 6.30. The van der Waals surface area contributed by atoms with Gasteiger partial charge in [0.05, 0.1) is 5.69 Å². The summed E-state index contributed by atoms with van der Waals surface area (Å²) in [5.74, 6) is 0.679. The van der Waals surface area contributed by atoms with Crippen LogP contribution in [0.2, 0.25) is 0 Å². The van der Waals surface area contributed by atoms with Crippen molar-refractivity contribution in [2.75, 3.05) is 30.0 Å². The second-order valence-electron chi connectivity index (χ2n) is 7.91. The van der Waals surface area contributed by atoms with Crippen LogP contribution in [0.15, 0.2) is 6.07 Å². The van der Waals surface area contributed by atoms with Crippen LogP contribution in [0.3, 0.4) is 0 Å². The minimum Gasteiger partial charge on any atom is -0.384 e. The average Bonchev–Trinajstić information content (AvgIpc) is 3.37. The highest BCUT2D eigenvalue weighted by atomic mass is 32.2. The third kappa shape index (κ3) is 4.60. The van der Waals surface area contributed by atoms with E-state index in [1.807, 2.05) is 4.90 Å². The average molecular weight is 397 g/mol. The number of nitrogens with two attached hydrogens (primary N) is 1. The summed E-state index contributed by atoms with van der Waals surface area (Å²) in [5, 5.41) is 5.94. The number of sulfone groups is 1. The van der Waals surface area contributed by atoms with Crippen molar-refractivity contribution >= 4 is 27.6 Å². The van der Waals surface area contributed by atoms with Crippen LogP contribution in [0.4, 0.5) is 16.6 Å². The van der Waals surface area contributed by atoms with Crippen LogP contribution in [0.25, 0.3) is 0 Å². The van der Waals surface area contributed by atoms with Gasteiger partial charge in [-0.15, -0.1) is 0 Å². The number of anilines is 2. The van der Waals surface area contributed by atoms with Gasteiger partial charge in [-0.05, 0) is 39.5 Å². The van der Waals surface area contributed by atoms with Gasteiger partial charge in [0, 0.05) is 37.5 Å². The summed E-state index contributed by atoms with van der Waals surface area (Å²) in [6.45, 7) is 4.55. The maximum Gasteiger partial charge on any atom is 0.315 e. The fourth-order valence-electron chi connectivity index (χ4n) is 2.96. The van der Waals surface area contributed by atoms with Crippen molar-refractivity contribution in [1.82, 2.24) is 20.6 Å². The normalized spacial score (nSPS) is 19.0. The number of rotatable bonds is 5. The first-order chi connectivity index (χ1) is 12.6. The largest absolute Gasteiger partial charge is 0.384 e. The first-order valence-corrected chi connectivity index (χ1v) is 11.1. The van der Waals surface area contributed by atoms with Crippen molar-refractivity contribution < 1.29 is 13.2 Å². The highest BCUT2D eigenvalue weighted by Crippen LogP contribution is 2.30. The molecule has 0 unspecified atom stereocenters. The van der Waals surface area contributed by atoms with Crippen molar-refractivity contribution in [3.05, 3.63) is 11.8 Å². The molecule has 1 aromatic heterocycles. The Labute approximate surface area is 160 Å². The molecule has 9 nitrogen and oxygen atoms in total.